The first kappa shape index (κ1) is 8.49. The summed E-state index contributed by atoms with van der Waals surface area (Å²) in [6.45, 7) is 0. The fourth-order valence-corrected chi connectivity index (χ4v) is 3.33. The van der Waals surface area contributed by atoms with E-state index in [9.17, 15) is 0 Å². The molecule has 2 aliphatic carbocycles. The van der Waals surface area contributed by atoms with E-state index in [0.717, 1.165) is 6.42 Å². The third kappa shape index (κ3) is 1.05. The number of nitrogens with two attached hydrogens (primary N) is 1. The average Bonchev–Trinajstić information content (AvgIpc) is 2.49. The van der Waals surface area contributed by atoms with Crippen molar-refractivity contribution in [2.75, 3.05) is 0 Å². The van der Waals surface area contributed by atoms with Crippen LogP contribution in [0.2, 0.25) is 0 Å². The zero-order valence-electron chi connectivity index (χ0n) is 8.50. The average molecular weight is 187 g/mol. The van der Waals surface area contributed by atoms with Crippen LogP contribution in [-0.2, 0) is 6.42 Å². The maximum absolute atomic E-state index is 6.51. The Morgan fingerprint density at radius 3 is 3.00 bits per heavy atom. The molecule has 0 aliphatic heterocycles. The number of fused-ring (bicyclic) bond motifs is 3. The molecule has 0 radical (unpaired) electrons. The van der Waals surface area contributed by atoms with Crippen molar-refractivity contribution in [3.63, 3.8) is 0 Å². The van der Waals surface area contributed by atoms with Crippen LogP contribution in [0.1, 0.15) is 42.7 Å². The minimum atomic E-state index is 0.0991. The molecule has 1 aromatic carbocycles. The summed E-state index contributed by atoms with van der Waals surface area (Å²) in [7, 11) is 0. The maximum Gasteiger partial charge on any atom is 0.0264 e. The minimum Gasteiger partial charge on any atom is -0.324 e. The monoisotopic (exact) mass is 187 g/mol. The van der Waals surface area contributed by atoms with E-state index in [1.807, 2.05) is 0 Å². The predicted molar refractivity (Wildman–Crippen MR) is 58.3 cm³/mol. The van der Waals surface area contributed by atoms with Gasteiger partial charge in [0.05, 0.1) is 0 Å². The number of hydrogen-bond donors (Lipinski definition) is 1. The van der Waals surface area contributed by atoms with Crippen LogP contribution in [0, 0.1) is 0 Å². The van der Waals surface area contributed by atoms with Gasteiger partial charge in [0.1, 0.15) is 0 Å². The summed E-state index contributed by atoms with van der Waals surface area (Å²) < 4.78 is 0. The van der Waals surface area contributed by atoms with Crippen molar-refractivity contribution in [2.45, 2.75) is 43.6 Å². The molecule has 1 aromatic rings. The Kier molecular flexibility index (Phi) is 1.72. The van der Waals surface area contributed by atoms with Crippen LogP contribution in [0.4, 0.5) is 0 Å². The molecule has 74 valence electrons. The van der Waals surface area contributed by atoms with E-state index >= 15 is 0 Å². The highest BCUT2D eigenvalue weighted by Gasteiger charge is 2.43. The van der Waals surface area contributed by atoms with Crippen LogP contribution >= 0.6 is 0 Å². The van der Waals surface area contributed by atoms with Gasteiger partial charge in [-0.05, 0) is 30.4 Å². The highest BCUT2D eigenvalue weighted by Crippen LogP contribution is 2.47. The Morgan fingerprint density at radius 1 is 1.21 bits per heavy atom. The summed E-state index contributed by atoms with van der Waals surface area (Å²) in [6, 6.07) is 8.82. The van der Waals surface area contributed by atoms with Crippen molar-refractivity contribution in [1.29, 1.82) is 0 Å². The van der Waals surface area contributed by atoms with Gasteiger partial charge in [-0.1, -0.05) is 37.1 Å². The van der Waals surface area contributed by atoms with Crippen LogP contribution in [0.3, 0.4) is 0 Å². The first-order valence-corrected chi connectivity index (χ1v) is 5.66. The second-order valence-corrected chi connectivity index (χ2v) is 4.91. The van der Waals surface area contributed by atoms with Crippen LogP contribution in [0.5, 0.6) is 0 Å². The van der Waals surface area contributed by atoms with Crippen molar-refractivity contribution in [1.82, 2.24) is 0 Å². The van der Waals surface area contributed by atoms with Gasteiger partial charge in [-0.25, -0.2) is 0 Å². The second kappa shape index (κ2) is 2.83. The normalized spacial score (nSPS) is 35.1. The summed E-state index contributed by atoms with van der Waals surface area (Å²) in [5, 5.41) is 0. The van der Waals surface area contributed by atoms with E-state index in [1.54, 1.807) is 0 Å². The molecular formula is C13H17N. The first-order valence-electron chi connectivity index (χ1n) is 5.66. The Bertz CT molecular complexity index is 358. The second-order valence-electron chi connectivity index (χ2n) is 4.91. The van der Waals surface area contributed by atoms with E-state index < -0.39 is 0 Å². The van der Waals surface area contributed by atoms with Crippen molar-refractivity contribution in [3.05, 3.63) is 35.4 Å². The Balaban J connectivity index is 2.07. The molecule has 1 saturated carbocycles. The van der Waals surface area contributed by atoms with Gasteiger partial charge in [0, 0.05) is 11.5 Å². The fraction of sp³-hybridized carbons (Fsp3) is 0.538. The fourth-order valence-electron chi connectivity index (χ4n) is 3.33. The highest BCUT2D eigenvalue weighted by molar-refractivity contribution is 5.41. The third-order valence-corrected chi connectivity index (χ3v) is 4.03. The summed E-state index contributed by atoms with van der Waals surface area (Å²) in [5.41, 5.74) is 9.65. The molecule has 2 atom stereocenters. The standard InChI is InChI=1S/C13H17N/c14-13-8-4-3-7-12(13)11-6-2-1-5-10(11)9-13/h1-2,5-6,12H,3-4,7-9,14H2. The predicted octanol–water partition coefficient (Wildman–Crippen LogP) is 2.60. The molecule has 1 nitrogen and oxygen atoms in total. The van der Waals surface area contributed by atoms with Crippen LogP contribution in [0.25, 0.3) is 0 Å². The first-order chi connectivity index (χ1) is 6.80. The largest absolute Gasteiger partial charge is 0.324 e. The molecule has 0 saturated heterocycles. The zero-order valence-corrected chi connectivity index (χ0v) is 8.50. The van der Waals surface area contributed by atoms with E-state index in [1.165, 1.54) is 36.8 Å². The van der Waals surface area contributed by atoms with Gasteiger partial charge in [0.2, 0.25) is 0 Å². The molecule has 0 bridgehead atoms. The minimum absolute atomic E-state index is 0.0991. The topological polar surface area (TPSA) is 26.0 Å². The molecule has 1 fully saturated rings. The maximum atomic E-state index is 6.51. The summed E-state index contributed by atoms with van der Waals surface area (Å²) in [6.07, 6.45) is 6.30. The lowest BCUT2D eigenvalue weighted by atomic mass is 9.74. The molecule has 2 unspecified atom stereocenters. The molecule has 0 amide bonds. The van der Waals surface area contributed by atoms with Gasteiger partial charge in [-0.3, -0.25) is 0 Å². The molecule has 2 aliphatic rings. The molecular weight excluding hydrogens is 170 g/mol. The number of hydrogen-bond acceptors (Lipinski definition) is 1. The van der Waals surface area contributed by atoms with Crippen LogP contribution in [0.15, 0.2) is 24.3 Å². The molecule has 0 heterocycles. The molecule has 14 heavy (non-hydrogen) atoms. The number of benzene rings is 1. The molecule has 0 spiro atoms. The lowest BCUT2D eigenvalue weighted by molar-refractivity contribution is 0.272. The van der Waals surface area contributed by atoms with Crippen molar-refractivity contribution < 1.29 is 0 Å². The van der Waals surface area contributed by atoms with Crippen LogP contribution < -0.4 is 5.73 Å². The quantitative estimate of drug-likeness (QED) is 0.663. The van der Waals surface area contributed by atoms with Crippen molar-refractivity contribution in [2.24, 2.45) is 5.73 Å². The summed E-state index contributed by atoms with van der Waals surface area (Å²) in [4.78, 5) is 0. The lowest BCUT2D eigenvalue weighted by Crippen LogP contribution is -2.45. The third-order valence-electron chi connectivity index (χ3n) is 4.03. The Hall–Kier alpha value is -0.820. The van der Waals surface area contributed by atoms with Gasteiger partial charge in [-0.15, -0.1) is 0 Å². The molecule has 1 heteroatoms. The summed E-state index contributed by atoms with van der Waals surface area (Å²) in [5.74, 6) is 0.646. The van der Waals surface area contributed by atoms with Crippen molar-refractivity contribution in [3.8, 4) is 0 Å². The molecule has 3 rings (SSSR count). The highest BCUT2D eigenvalue weighted by atomic mass is 14.8. The summed E-state index contributed by atoms with van der Waals surface area (Å²) >= 11 is 0. The smallest absolute Gasteiger partial charge is 0.0264 e. The molecule has 2 N–H and O–H groups in total. The van der Waals surface area contributed by atoms with Gasteiger partial charge < -0.3 is 5.73 Å². The Labute approximate surface area is 85.3 Å². The van der Waals surface area contributed by atoms with E-state index in [-0.39, 0.29) is 5.54 Å². The van der Waals surface area contributed by atoms with E-state index in [4.69, 9.17) is 5.73 Å². The van der Waals surface area contributed by atoms with Crippen LogP contribution in [-0.4, -0.2) is 5.54 Å². The molecule has 0 aromatic heterocycles. The zero-order chi connectivity index (χ0) is 9.60. The van der Waals surface area contributed by atoms with Gasteiger partial charge in [-0.2, -0.15) is 0 Å². The van der Waals surface area contributed by atoms with Gasteiger partial charge in [0.25, 0.3) is 0 Å². The Morgan fingerprint density at radius 2 is 2.07 bits per heavy atom. The SMILES string of the molecule is NC12CCCCC1c1ccccc1C2. The van der Waals surface area contributed by atoms with E-state index in [0.29, 0.717) is 5.92 Å². The van der Waals surface area contributed by atoms with Gasteiger partial charge >= 0.3 is 0 Å². The van der Waals surface area contributed by atoms with Crippen molar-refractivity contribution >= 4 is 0 Å². The lowest BCUT2D eigenvalue weighted by Gasteiger charge is -2.36. The van der Waals surface area contributed by atoms with E-state index in [2.05, 4.69) is 24.3 Å². The number of rotatable bonds is 0. The van der Waals surface area contributed by atoms with Gasteiger partial charge in [0.15, 0.2) is 0 Å².